The van der Waals surface area contributed by atoms with Gasteiger partial charge in [-0.15, -0.1) is 0 Å². The van der Waals surface area contributed by atoms with Crippen molar-refractivity contribution in [1.29, 1.82) is 0 Å². The average Bonchev–Trinajstić information content (AvgIpc) is 2.59. The molecule has 0 saturated carbocycles. The van der Waals surface area contributed by atoms with Crippen molar-refractivity contribution in [3.63, 3.8) is 0 Å². The van der Waals surface area contributed by atoms with Crippen LogP contribution in [0.1, 0.15) is 31.1 Å². The van der Waals surface area contributed by atoms with Crippen LogP contribution in [0.3, 0.4) is 0 Å². The molecule has 0 aliphatic rings. The van der Waals surface area contributed by atoms with Gasteiger partial charge in [0, 0.05) is 18.1 Å². The molecule has 2 unspecified atom stereocenters. The number of hydrogen-bond donors (Lipinski definition) is 1. The van der Waals surface area contributed by atoms with E-state index < -0.39 is 6.10 Å². The van der Waals surface area contributed by atoms with Gasteiger partial charge in [-0.05, 0) is 48.9 Å². The molecule has 0 spiro atoms. The van der Waals surface area contributed by atoms with Gasteiger partial charge in [-0.1, -0.05) is 42.8 Å². The molecule has 0 fully saturated rings. The molecule has 2 atom stereocenters. The van der Waals surface area contributed by atoms with Crippen LogP contribution in [0.5, 0.6) is 0 Å². The van der Waals surface area contributed by atoms with Gasteiger partial charge in [-0.3, -0.25) is 4.90 Å². The number of benzene rings is 2. The van der Waals surface area contributed by atoms with E-state index in [0.717, 1.165) is 17.7 Å². The molecule has 0 aliphatic heterocycles. The predicted octanol–water partition coefficient (Wildman–Crippen LogP) is 4.44. The molecule has 1 N–H and O–H groups in total. The lowest BCUT2D eigenvalue weighted by molar-refractivity contribution is -0.0161. The summed E-state index contributed by atoms with van der Waals surface area (Å²) in [6.07, 6.45) is -0.728. The molecule has 0 radical (unpaired) electrons. The minimum atomic E-state index is -0.608. The Bertz CT molecular complexity index is 650. The summed E-state index contributed by atoms with van der Waals surface area (Å²) in [7, 11) is 0. The number of likely N-dealkylation sites (N-methyl/N-ethyl adjacent to an activating group) is 1. The lowest BCUT2D eigenvalue weighted by atomic mass is 10.1. The first-order chi connectivity index (χ1) is 12.0. The van der Waals surface area contributed by atoms with Crippen molar-refractivity contribution < 1.29 is 14.2 Å². The molecule has 136 valence electrons. The van der Waals surface area contributed by atoms with Crippen molar-refractivity contribution >= 4 is 11.6 Å². The molecule has 25 heavy (non-hydrogen) atoms. The van der Waals surface area contributed by atoms with E-state index in [1.807, 2.05) is 44.2 Å². The summed E-state index contributed by atoms with van der Waals surface area (Å²) >= 11 is 5.88. The van der Waals surface area contributed by atoms with Crippen molar-refractivity contribution in [2.45, 2.75) is 32.6 Å². The molecule has 2 aromatic rings. The van der Waals surface area contributed by atoms with Crippen LogP contribution in [0, 0.1) is 5.82 Å². The molecule has 0 heterocycles. The fourth-order valence-electron chi connectivity index (χ4n) is 2.64. The highest BCUT2D eigenvalue weighted by Crippen LogP contribution is 2.19. The smallest absolute Gasteiger partial charge is 0.123 e. The fraction of sp³-hybridized carbons (Fsp3) is 0.400. The highest BCUT2D eigenvalue weighted by Gasteiger charge is 2.14. The number of aliphatic hydroxyl groups excluding tert-OH is 1. The van der Waals surface area contributed by atoms with E-state index in [2.05, 4.69) is 4.90 Å². The zero-order valence-electron chi connectivity index (χ0n) is 14.7. The maximum absolute atomic E-state index is 13.3. The summed E-state index contributed by atoms with van der Waals surface area (Å²) in [4.78, 5) is 2.07. The highest BCUT2D eigenvalue weighted by molar-refractivity contribution is 6.30. The Morgan fingerprint density at radius 1 is 1.20 bits per heavy atom. The Labute approximate surface area is 154 Å². The quantitative estimate of drug-likeness (QED) is 0.713. The maximum Gasteiger partial charge on any atom is 0.123 e. The molecular weight excluding hydrogens is 341 g/mol. The summed E-state index contributed by atoms with van der Waals surface area (Å²) in [5.74, 6) is -0.241. The van der Waals surface area contributed by atoms with Gasteiger partial charge in [-0.25, -0.2) is 4.39 Å². The Balaban J connectivity index is 1.81. The topological polar surface area (TPSA) is 32.7 Å². The fourth-order valence-corrected chi connectivity index (χ4v) is 2.76. The Kier molecular flexibility index (Phi) is 7.85. The molecule has 0 bridgehead atoms. The van der Waals surface area contributed by atoms with Crippen molar-refractivity contribution in [1.82, 2.24) is 4.90 Å². The lowest BCUT2D eigenvalue weighted by Crippen LogP contribution is -2.34. The van der Waals surface area contributed by atoms with Gasteiger partial charge < -0.3 is 9.84 Å². The lowest BCUT2D eigenvalue weighted by Gasteiger charge is -2.24. The Morgan fingerprint density at radius 2 is 1.92 bits per heavy atom. The SMILES string of the molecule is CCN(Cc1cccc(F)c1)CC(O)COC(C)c1ccc(Cl)cc1. The molecule has 0 amide bonds. The van der Waals surface area contributed by atoms with Gasteiger partial charge in [-0.2, -0.15) is 0 Å². The zero-order chi connectivity index (χ0) is 18.2. The minimum absolute atomic E-state index is 0.120. The molecule has 0 aromatic heterocycles. The van der Waals surface area contributed by atoms with E-state index >= 15 is 0 Å². The van der Waals surface area contributed by atoms with E-state index in [1.165, 1.54) is 12.1 Å². The van der Waals surface area contributed by atoms with Crippen LogP contribution >= 0.6 is 11.6 Å². The van der Waals surface area contributed by atoms with Crippen LogP contribution in [0.25, 0.3) is 0 Å². The summed E-state index contributed by atoms with van der Waals surface area (Å²) in [5, 5.41) is 10.9. The van der Waals surface area contributed by atoms with Crippen molar-refractivity contribution in [3.8, 4) is 0 Å². The number of ether oxygens (including phenoxy) is 1. The minimum Gasteiger partial charge on any atom is -0.389 e. The number of aliphatic hydroxyl groups is 1. The zero-order valence-corrected chi connectivity index (χ0v) is 15.4. The first-order valence-corrected chi connectivity index (χ1v) is 8.87. The molecule has 2 aromatic carbocycles. The normalized spacial score (nSPS) is 13.8. The number of hydrogen-bond acceptors (Lipinski definition) is 3. The third kappa shape index (κ3) is 6.75. The standard InChI is InChI=1S/C20H25ClFNO2/c1-3-23(12-16-5-4-6-19(22)11-16)13-20(24)14-25-15(2)17-7-9-18(21)10-8-17/h4-11,15,20,24H,3,12-14H2,1-2H3. The second-order valence-electron chi connectivity index (χ2n) is 6.14. The van der Waals surface area contributed by atoms with E-state index in [1.54, 1.807) is 6.07 Å². The molecule has 2 rings (SSSR count). The van der Waals surface area contributed by atoms with Crippen LogP contribution in [0.15, 0.2) is 48.5 Å². The first-order valence-electron chi connectivity index (χ1n) is 8.50. The van der Waals surface area contributed by atoms with Crippen LogP contribution in [-0.4, -0.2) is 35.8 Å². The molecule has 5 heteroatoms. The number of nitrogens with zero attached hydrogens (tertiary/aromatic N) is 1. The largest absolute Gasteiger partial charge is 0.389 e. The predicted molar refractivity (Wildman–Crippen MR) is 99.2 cm³/mol. The van der Waals surface area contributed by atoms with Crippen LogP contribution < -0.4 is 0 Å². The van der Waals surface area contributed by atoms with Crippen LogP contribution in [0.2, 0.25) is 5.02 Å². The van der Waals surface area contributed by atoms with Crippen molar-refractivity contribution in [3.05, 3.63) is 70.5 Å². The van der Waals surface area contributed by atoms with E-state index in [-0.39, 0.29) is 18.5 Å². The molecule has 3 nitrogen and oxygen atoms in total. The molecule has 0 saturated heterocycles. The average molecular weight is 366 g/mol. The van der Waals surface area contributed by atoms with Gasteiger partial charge in [0.2, 0.25) is 0 Å². The van der Waals surface area contributed by atoms with Crippen molar-refractivity contribution in [2.75, 3.05) is 19.7 Å². The van der Waals surface area contributed by atoms with Crippen LogP contribution in [0.4, 0.5) is 4.39 Å². The summed E-state index contributed by atoms with van der Waals surface area (Å²) in [6, 6.07) is 14.0. The van der Waals surface area contributed by atoms with Crippen molar-refractivity contribution in [2.24, 2.45) is 0 Å². The molecular formula is C20H25ClFNO2. The third-order valence-corrected chi connectivity index (χ3v) is 4.34. The third-order valence-electron chi connectivity index (χ3n) is 4.09. The van der Waals surface area contributed by atoms with Crippen LogP contribution in [-0.2, 0) is 11.3 Å². The van der Waals surface area contributed by atoms with Gasteiger partial charge >= 0.3 is 0 Å². The maximum atomic E-state index is 13.3. The second kappa shape index (κ2) is 9.88. The monoisotopic (exact) mass is 365 g/mol. The Morgan fingerprint density at radius 3 is 2.56 bits per heavy atom. The summed E-state index contributed by atoms with van der Waals surface area (Å²) < 4.78 is 19.0. The Hall–Kier alpha value is -1.46. The summed E-state index contributed by atoms with van der Waals surface area (Å²) in [5.41, 5.74) is 1.91. The van der Waals surface area contributed by atoms with E-state index in [9.17, 15) is 9.50 Å². The molecule has 0 aliphatic carbocycles. The number of rotatable bonds is 9. The highest BCUT2D eigenvalue weighted by atomic mass is 35.5. The second-order valence-corrected chi connectivity index (χ2v) is 6.58. The number of halogens is 2. The van der Waals surface area contributed by atoms with Gasteiger partial charge in [0.05, 0.1) is 18.8 Å². The van der Waals surface area contributed by atoms with E-state index in [0.29, 0.717) is 18.1 Å². The van der Waals surface area contributed by atoms with Gasteiger partial charge in [0.15, 0.2) is 0 Å². The van der Waals surface area contributed by atoms with E-state index in [4.69, 9.17) is 16.3 Å². The first kappa shape index (κ1) is 19.9. The summed E-state index contributed by atoms with van der Waals surface area (Å²) in [6.45, 7) is 6.03. The van der Waals surface area contributed by atoms with Gasteiger partial charge in [0.25, 0.3) is 0 Å². The van der Waals surface area contributed by atoms with Gasteiger partial charge in [0.1, 0.15) is 5.82 Å².